The molecule has 0 bridgehead atoms. The number of aromatic nitrogens is 1. The van der Waals surface area contributed by atoms with E-state index in [0.29, 0.717) is 0 Å². The summed E-state index contributed by atoms with van der Waals surface area (Å²) in [6.45, 7) is 0. The Balaban J connectivity index is 2.57. The van der Waals surface area contributed by atoms with Gasteiger partial charge < -0.3 is 10.7 Å². The molecule has 78 valence electrons. The molecule has 0 unspecified atom stereocenters. The van der Waals surface area contributed by atoms with Crippen LogP contribution < -0.4 is 5.73 Å². The second-order valence-electron chi connectivity index (χ2n) is 3.32. The monoisotopic (exact) mass is 211 g/mol. The number of nitrogens with one attached hydrogen (secondary N) is 1. The largest absolute Gasteiger partial charge is 0.365 e. The summed E-state index contributed by atoms with van der Waals surface area (Å²) < 4.78 is 0. The second kappa shape index (κ2) is 3.91. The van der Waals surface area contributed by atoms with Crippen molar-refractivity contribution in [2.24, 2.45) is 5.73 Å². The molecule has 1 heterocycles. The van der Waals surface area contributed by atoms with E-state index in [4.69, 9.17) is 11.0 Å². The third-order valence-corrected chi connectivity index (χ3v) is 2.31. The normalized spacial score (nSPS) is 11.3. The maximum atomic E-state index is 10.9. The van der Waals surface area contributed by atoms with Gasteiger partial charge in [-0.1, -0.05) is 18.2 Å². The summed E-state index contributed by atoms with van der Waals surface area (Å²) in [5.74, 6) is -0.715. The molecule has 0 fully saturated rings. The van der Waals surface area contributed by atoms with E-state index in [1.165, 1.54) is 6.08 Å². The Morgan fingerprint density at radius 3 is 2.88 bits per heavy atom. The molecule has 4 heteroatoms. The number of carbonyl (C=O) groups excluding carboxylic acids is 1. The first-order valence-electron chi connectivity index (χ1n) is 4.70. The Bertz CT molecular complexity index is 616. The minimum absolute atomic E-state index is 0.0512. The predicted octanol–water partition coefficient (Wildman–Crippen LogP) is 1.56. The van der Waals surface area contributed by atoms with Crippen LogP contribution in [-0.4, -0.2) is 10.9 Å². The standard InChI is InChI=1S/C12H9N3O/c13-6-8(12(14)16)5-9-7-15-11-4-2-1-3-10(9)11/h1-5,7,15H,(H2,14,16). The van der Waals surface area contributed by atoms with Crippen LogP contribution in [0.2, 0.25) is 0 Å². The number of fused-ring (bicyclic) bond motifs is 1. The van der Waals surface area contributed by atoms with Gasteiger partial charge in [0.1, 0.15) is 11.6 Å². The Hall–Kier alpha value is -2.54. The molecular weight excluding hydrogens is 202 g/mol. The average molecular weight is 211 g/mol. The van der Waals surface area contributed by atoms with Gasteiger partial charge in [0.25, 0.3) is 5.91 Å². The Kier molecular flexibility index (Phi) is 2.44. The van der Waals surface area contributed by atoms with Crippen molar-refractivity contribution in [3.05, 3.63) is 41.6 Å². The van der Waals surface area contributed by atoms with Gasteiger partial charge in [-0.2, -0.15) is 5.26 Å². The first kappa shape index (κ1) is 9.99. The van der Waals surface area contributed by atoms with Gasteiger partial charge >= 0.3 is 0 Å². The molecule has 0 saturated carbocycles. The molecule has 2 rings (SSSR count). The number of hydrogen-bond donors (Lipinski definition) is 2. The van der Waals surface area contributed by atoms with E-state index in [2.05, 4.69) is 4.98 Å². The van der Waals surface area contributed by atoms with Crippen LogP contribution in [0.1, 0.15) is 5.56 Å². The number of para-hydroxylation sites is 1. The van der Waals surface area contributed by atoms with E-state index in [1.54, 1.807) is 12.3 Å². The Morgan fingerprint density at radius 2 is 2.19 bits per heavy atom. The van der Waals surface area contributed by atoms with E-state index in [0.717, 1.165) is 16.5 Å². The molecule has 0 spiro atoms. The molecule has 1 amide bonds. The fourth-order valence-electron chi connectivity index (χ4n) is 1.53. The molecule has 0 aliphatic carbocycles. The zero-order valence-corrected chi connectivity index (χ0v) is 8.40. The van der Waals surface area contributed by atoms with E-state index < -0.39 is 5.91 Å². The van der Waals surface area contributed by atoms with Crippen LogP contribution in [0.3, 0.4) is 0 Å². The summed E-state index contributed by atoms with van der Waals surface area (Å²) in [5, 5.41) is 9.69. The summed E-state index contributed by atoms with van der Waals surface area (Å²) in [5.41, 5.74) is 6.75. The molecule has 0 aliphatic rings. The van der Waals surface area contributed by atoms with Gasteiger partial charge in [-0.25, -0.2) is 0 Å². The van der Waals surface area contributed by atoms with Crippen molar-refractivity contribution in [1.82, 2.24) is 4.98 Å². The number of nitrogens with zero attached hydrogens (tertiary/aromatic N) is 1. The SMILES string of the molecule is N#CC(=Cc1c[nH]c2ccccc12)C(N)=O. The number of nitrogens with two attached hydrogens (primary N) is 1. The van der Waals surface area contributed by atoms with Crippen LogP contribution in [0.5, 0.6) is 0 Å². The molecule has 16 heavy (non-hydrogen) atoms. The number of nitriles is 1. The van der Waals surface area contributed by atoms with Crippen LogP contribution in [0.15, 0.2) is 36.0 Å². The van der Waals surface area contributed by atoms with Gasteiger partial charge in [-0.15, -0.1) is 0 Å². The van der Waals surface area contributed by atoms with E-state index >= 15 is 0 Å². The smallest absolute Gasteiger partial charge is 0.259 e. The van der Waals surface area contributed by atoms with Gasteiger partial charge in [0, 0.05) is 22.7 Å². The highest BCUT2D eigenvalue weighted by molar-refractivity contribution is 6.03. The first-order valence-corrected chi connectivity index (χ1v) is 4.70. The lowest BCUT2D eigenvalue weighted by Gasteiger charge is -1.92. The summed E-state index contributed by atoms with van der Waals surface area (Å²) in [6.07, 6.45) is 3.23. The number of H-pyrrole nitrogens is 1. The molecule has 1 aromatic heterocycles. The third kappa shape index (κ3) is 1.66. The van der Waals surface area contributed by atoms with Gasteiger partial charge in [-0.05, 0) is 12.1 Å². The number of amides is 1. The summed E-state index contributed by atoms with van der Waals surface area (Å²) >= 11 is 0. The topological polar surface area (TPSA) is 82.7 Å². The summed E-state index contributed by atoms with van der Waals surface area (Å²) in [4.78, 5) is 14.0. The lowest BCUT2D eigenvalue weighted by atomic mass is 10.1. The molecular formula is C12H9N3O. The second-order valence-corrected chi connectivity index (χ2v) is 3.32. The maximum absolute atomic E-state index is 10.9. The Labute approximate surface area is 92.0 Å². The maximum Gasteiger partial charge on any atom is 0.259 e. The van der Waals surface area contributed by atoms with Crippen molar-refractivity contribution in [2.45, 2.75) is 0 Å². The molecule has 0 radical (unpaired) electrons. The summed E-state index contributed by atoms with van der Waals surface area (Å²) in [7, 11) is 0. The van der Waals surface area contributed by atoms with E-state index in [-0.39, 0.29) is 5.57 Å². The number of aromatic amines is 1. The van der Waals surface area contributed by atoms with Crippen LogP contribution >= 0.6 is 0 Å². The number of primary amides is 1. The average Bonchev–Trinajstić information content (AvgIpc) is 2.69. The molecule has 1 aromatic carbocycles. The number of rotatable bonds is 2. The quantitative estimate of drug-likeness (QED) is 0.583. The molecule has 2 aromatic rings. The summed E-state index contributed by atoms with van der Waals surface area (Å²) in [6, 6.07) is 9.41. The molecule has 4 nitrogen and oxygen atoms in total. The molecule has 0 atom stereocenters. The highest BCUT2D eigenvalue weighted by atomic mass is 16.1. The van der Waals surface area contributed by atoms with Gasteiger partial charge in [0.15, 0.2) is 0 Å². The van der Waals surface area contributed by atoms with Crippen molar-refractivity contribution >= 4 is 22.9 Å². The van der Waals surface area contributed by atoms with Crippen molar-refractivity contribution in [1.29, 1.82) is 5.26 Å². The minimum Gasteiger partial charge on any atom is -0.365 e. The predicted molar refractivity (Wildman–Crippen MR) is 61.1 cm³/mol. The first-order chi connectivity index (χ1) is 7.72. The molecule has 0 aliphatic heterocycles. The Morgan fingerprint density at radius 1 is 1.44 bits per heavy atom. The minimum atomic E-state index is -0.715. The number of benzene rings is 1. The van der Waals surface area contributed by atoms with Crippen molar-refractivity contribution < 1.29 is 4.79 Å². The van der Waals surface area contributed by atoms with Gasteiger partial charge in [-0.3, -0.25) is 4.79 Å². The fourth-order valence-corrected chi connectivity index (χ4v) is 1.53. The van der Waals surface area contributed by atoms with Gasteiger partial charge in [0.05, 0.1) is 0 Å². The zero-order chi connectivity index (χ0) is 11.5. The highest BCUT2D eigenvalue weighted by Gasteiger charge is 2.06. The fraction of sp³-hybridized carbons (Fsp3) is 0. The van der Waals surface area contributed by atoms with Crippen LogP contribution in [0, 0.1) is 11.3 Å². The highest BCUT2D eigenvalue weighted by Crippen LogP contribution is 2.19. The number of hydrogen-bond acceptors (Lipinski definition) is 2. The van der Waals surface area contributed by atoms with Gasteiger partial charge in [0.2, 0.25) is 0 Å². The van der Waals surface area contributed by atoms with Crippen LogP contribution in [0.4, 0.5) is 0 Å². The van der Waals surface area contributed by atoms with Crippen molar-refractivity contribution in [3.63, 3.8) is 0 Å². The van der Waals surface area contributed by atoms with Crippen molar-refractivity contribution in [2.75, 3.05) is 0 Å². The van der Waals surface area contributed by atoms with E-state index in [1.807, 2.05) is 24.3 Å². The molecule has 3 N–H and O–H groups in total. The van der Waals surface area contributed by atoms with E-state index in [9.17, 15) is 4.79 Å². The van der Waals surface area contributed by atoms with Crippen LogP contribution in [-0.2, 0) is 4.79 Å². The lowest BCUT2D eigenvalue weighted by molar-refractivity contribution is -0.114. The zero-order valence-electron chi connectivity index (χ0n) is 8.40. The number of carbonyl (C=O) groups is 1. The lowest BCUT2D eigenvalue weighted by Crippen LogP contribution is -2.12. The third-order valence-electron chi connectivity index (χ3n) is 2.31. The molecule has 0 saturated heterocycles. The van der Waals surface area contributed by atoms with Crippen LogP contribution in [0.25, 0.3) is 17.0 Å². The van der Waals surface area contributed by atoms with Crippen molar-refractivity contribution in [3.8, 4) is 6.07 Å².